The van der Waals surface area contributed by atoms with Crippen molar-refractivity contribution in [3.8, 4) is 5.75 Å². The first-order valence-corrected chi connectivity index (χ1v) is 10.00. The van der Waals surface area contributed by atoms with Crippen LogP contribution in [0.1, 0.15) is 38.4 Å². The lowest BCUT2D eigenvalue weighted by atomic mass is 10.1. The average Bonchev–Trinajstić information content (AvgIpc) is 3.28. The molecule has 28 heavy (non-hydrogen) atoms. The van der Waals surface area contributed by atoms with Crippen LogP contribution in [0.15, 0.2) is 48.5 Å². The highest BCUT2D eigenvalue weighted by atomic mass is 16.5. The van der Waals surface area contributed by atoms with Crippen LogP contribution in [0.3, 0.4) is 0 Å². The molecule has 0 aliphatic carbocycles. The number of rotatable bonds is 6. The van der Waals surface area contributed by atoms with Gasteiger partial charge in [0.25, 0.3) is 0 Å². The van der Waals surface area contributed by atoms with E-state index in [0.717, 1.165) is 41.3 Å². The van der Waals surface area contributed by atoms with Gasteiger partial charge in [0.05, 0.1) is 18.1 Å². The van der Waals surface area contributed by atoms with Gasteiger partial charge < -0.3 is 14.2 Å². The molecule has 5 heteroatoms. The van der Waals surface area contributed by atoms with E-state index in [2.05, 4.69) is 36.6 Å². The number of aromatic nitrogens is 2. The van der Waals surface area contributed by atoms with E-state index in [0.29, 0.717) is 18.9 Å². The minimum atomic E-state index is 0.103. The minimum Gasteiger partial charge on any atom is -0.497 e. The molecule has 1 saturated heterocycles. The van der Waals surface area contributed by atoms with Crippen LogP contribution in [0.4, 0.5) is 5.69 Å². The van der Waals surface area contributed by atoms with Crippen molar-refractivity contribution >= 4 is 22.6 Å². The summed E-state index contributed by atoms with van der Waals surface area (Å²) in [5.74, 6) is 2.64. The molecule has 2 atom stereocenters. The zero-order valence-electron chi connectivity index (χ0n) is 16.8. The van der Waals surface area contributed by atoms with E-state index in [4.69, 9.17) is 9.72 Å². The molecule has 5 nitrogen and oxygen atoms in total. The first kappa shape index (κ1) is 18.5. The third-order valence-electron chi connectivity index (χ3n) is 5.75. The molecule has 2 aromatic carbocycles. The van der Waals surface area contributed by atoms with Crippen LogP contribution >= 0.6 is 0 Å². The van der Waals surface area contributed by atoms with E-state index in [1.165, 1.54) is 0 Å². The zero-order chi connectivity index (χ0) is 19.7. The largest absolute Gasteiger partial charge is 0.497 e. The van der Waals surface area contributed by atoms with Gasteiger partial charge in [-0.15, -0.1) is 0 Å². The van der Waals surface area contributed by atoms with E-state index < -0.39 is 0 Å². The molecule has 1 aromatic heterocycles. The summed E-state index contributed by atoms with van der Waals surface area (Å²) in [6, 6.07) is 16.0. The number of carbonyl (C=O) groups excluding carboxylic acids is 1. The van der Waals surface area contributed by atoms with Crippen molar-refractivity contribution in [1.82, 2.24) is 9.55 Å². The highest BCUT2D eigenvalue weighted by Crippen LogP contribution is 2.34. The second kappa shape index (κ2) is 7.66. The molecule has 146 valence electrons. The lowest BCUT2D eigenvalue weighted by Crippen LogP contribution is -2.24. The van der Waals surface area contributed by atoms with Crippen LogP contribution in [-0.2, 0) is 11.3 Å². The fourth-order valence-electron chi connectivity index (χ4n) is 3.93. The molecule has 0 unspecified atom stereocenters. The number of ether oxygens (including phenoxy) is 1. The number of carbonyl (C=O) groups is 1. The van der Waals surface area contributed by atoms with Crippen molar-refractivity contribution in [3.05, 3.63) is 54.4 Å². The maximum atomic E-state index is 12.8. The smallest absolute Gasteiger partial charge is 0.227 e. The van der Waals surface area contributed by atoms with Crippen LogP contribution in [0.2, 0.25) is 0 Å². The summed E-state index contributed by atoms with van der Waals surface area (Å²) < 4.78 is 7.56. The Kier molecular flexibility index (Phi) is 5.07. The number of hydrogen-bond donors (Lipinski definition) is 0. The Bertz CT molecular complexity index is 977. The van der Waals surface area contributed by atoms with Gasteiger partial charge in [-0.25, -0.2) is 4.98 Å². The number of nitrogens with zero attached hydrogens (tertiary/aromatic N) is 3. The van der Waals surface area contributed by atoms with Gasteiger partial charge in [-0.1, -0.05) is 32.4 Å². The van der Waals surface area contributed by atoms with E-state index in [9.17, 15) is 4.79 Å². The second-order valence-corrected chi connectivity index (χ2v) is 7.69. The van der Waals surface area contributed by atoms with Crippen LogP contribution in [0.25, 0.3) is 11.0 Å². The Hall–Kier alpha value is -2.82. The van der Waals surface area contributed by atoms with Gasteiger partial charge in [-0.05, 0) is 42.3 Å². The fraction of sp³-hybridized carbons (Fsp3) is 0.391. The van der Waals surface area contributed by atoms with Gasteiger partial charge in [0.15, 0.2) is 0 Å². The quantitative estimate of drug-likeness (QED) is 0.630. The molecule has 1 aliphatic rings. The van der Waals surface area contributed by atoms with E-state index in [1.807, 2.05) is 35.2 Å². The van der Waals surface area contributed by atoms with E-state index in [-0.39, 0.29) is 11.8 Å². The number of methoxy groups -OCH3 is 1. The van der Waals surface area contributed by atoms with Crippen LogP contribution in [0, 0.1) is 5.92 Å². The number of imidazole rings is 1. The number of anilines is 1. The topological polar surface area (TPSA) is 47.4 Å². The first-order valence-electron chi connectivity index (χ1n) is 10.00. The van der Waals surface area contributed by atoms with E-state index >= 15 is 0 Å². The summed E-state index contributed by atoms with van der Waals surface area (Å²) in [6.45, 7) is 6.07. The molecule has 0 radical (unpaired) electrons. The maximum absolute atomic E-state index is 12.8. The van der Waals surface area contributed by atoms with Gasteiger partial charge in [0, 0.05) is 31.1 Å². The van der Waals surface area contributed by atoms with Crippen LogP contribution in [0.5, 0.6) is 5.75 Å². The van der Waals surface area contributed by atoms with Gasteiger partial charge >= 0.3 is 0 Å². The predicted octanol–water partition coefficient (Wildman–Crippen LogP) is 4.61. The molecule has 0 spiro atoms. The highest BCUT2D eigenvalue weighted by molar-refractivity contribution is 5.96. The SMILES string of the molecule is CC[C@@H](C)Cn1c([C@H]2CC(=O)N(c3ccc(OC)cc3)C2)nc2ccccc21. The maximum Gasteiger partial charge on any atom is 0.227 e. The van der Waals surface area contributed by atoms with Crippen molar-refractivity contribution in [2.45, 2.75) is 39.2 Å². The summed E-state index contributed by atoms with van der Waals surface area (Å²) in [4.78, 5) is 19.6. The molecule has 0 saturated carbocycles. The lowest BCUT2D eigenvalue weighted by Gasteiger charge is -2.19. The fourth-order valence-corrected chi connectivity index (χ4v) is 3.93. The number of benzene rings is 2. The zero-order valence-corrected chi connectivity index (χ0v) is 16.8. The number of hydrogen-bond acceptors (Lipinski definition) is 3. The van der Waals surface area contributed by atoms with Crippen LogP contribution < -0.4 is 9.64 Å². The molecule has 2 heterocycles. The van der Waals surface area contributed by atoms with Gasteiger partial charge in [0.1, 0.15) is 11.6 Å². The van der Waals surface area contributed by atoms with Gasteiger partial charge in [-0.2, -0.15) is 0 Å². The number of amides is 1. The molecule has 0 bridgehead atoms. The Morgan fingerprint density at radius 3 is 2.64 bits per heavy atom. The molecule has 1 amide bonds. The summed E-state index contributed by atoms with van der Waals surface area (Å²) in [5.41, 5.74) is 3.09. The normalized spacial score (nSPS) is 18.0. The molecule has 1 fully saturated rings. The van der Waals surface area contributed by atoms with Crippen molar-refractivity contribution in [2.75, 3.05) is 18.6 Å². The molecule has 1 aliphatic heterocycles. The Balaban J connectivity index is 1.66. The minimum absolute atomic E-state index is 0.103. The summed E-state index contributed by atoms with van der Waals surface area (Å²) in [5, 5.41) is 0. The molecule has 4 rings (SSSR count). The summed E-state index contributed by atoms with van der Waals surface area (Å²) >= 11 is 0. The molecular weight excluding hydrogens is 350 g/mol. The second-order valence-electron chi connectivity index (χ2n) is 7.69. The highest BCUT2D eigenvalue weighted by Gasteiger charge is 2.35. The average molecular weight is 377 g/mol. The summed E-state index contributed by atoms with van der Waals surface area (Å²) in [6.07, 6.45) is 1.61. The van der Waals surface area contributed by atoms with Crippen LogP contribution in [-0.4, -0.2) is 29.1 Å². The van der Waals surface area contributed by atoms with Crippen molar-refractivity contribution in [2.24, 2.45) is 5.92 Å². The molecule has 0 N–H and O–H groups in total. The standard InChI is InChI=1S/C23H27N3O2/c1-4-16(2)14-26-21-8-6-5-7-20(21)24-23(26)17-13-22(27)25(15-17)18-9-11-19(28-3)12-10-18/h5-12,16-17H,4,13-15H2,1-3H3/t16-,17+/m1/s1. The summed E-state index contributed by atoms with van der Waals surface area (Å²) in [7, 11) is 1.65. The third kappa shape index (κ3) is 3.37. The van der Waals surface area contributed by atoms with Gasteiger partial charge in [0.2, 0.25) is 5.91 Å². The first-order chi connectivity index (χ1) is 13.6. The van der Waals surface area contributed by atoms with Crippen molar-refractivity contribution in [3.63, 3.8) is 0 Å². The van der Waals surface area contributed by atoms with Gasteiger partial charge in [-0.3, -0.25) is 4.79 Å². The monoisotopic (exact) mass is 377 g/mol. The van der Waals surface area contributed by atoms with E-state index in [1.54, 1.807) is 7.11 Å². The Morgan fingerprint density at radius 1 is 1.18 bits per heavy atom. The number of para-hydroxylation sites is 2. The lowest BCUT2D eigenvalue weighted by molar-refractivity contribution is -0.117. The van der Waals surface area contributed by atoms with Crippen molar-refractivity contribution < 1.29 is 9.53 Å². The Morgan fingerprint density at radius 2 is 1.93 bits per heavy atom. The van der Waals surface area contributed by atoms with Crippen molar-refractivity contribution in [1.29, 1.82) is 0 Å². The third-order valence-corrected chi connectivity index (χ3v) is 5.75. The number of fused-ring (bicyclic) bond motifs is 1. The molecule has 3 aromatic rings. The predicted molar refractivity (Wildman–Crippen MR) is 112 cm³/mol. The molecular formula is C23H27N3O2. The Labute approximate surface area is 165 Å².